The fourth-order valence-electron chi connectivity index (χ4n) is 1.64. The molecule has 2 aromatic rings. The number of nitrogen functional groups attached to an aromatic ring is 1. The Balaban J connectivity index is 2.25. The van der Waals surface area contributed by atoms with Crippen molar-refractivity contribution in [2.24, 2.45) is 12.9 Å². The van der Waals surface area contributed by atoms with E-state index in [2.05, 4.69) is 27.4 Å². The third kappa shape index (κ3) is 3.49. The molecule has 0 spiro atoms. The number of hydrogen-bond acceptors (Lipinski definition) is 6. The van der Waals surface area contributed by atoms with Crippen molar-refractivity contribution in [3.63, 3.8) is 0 Å². The van der Waals surface area contributed by atoms with Gasteiger partial charge in [-0.05, 0) is 6.42 Å². The highest BCUT2D eigenvalue weighted by molar-refractivity contribution is 5.60. The van der Waals surface area contributed by atoms with E-state index in [4.69, 9.17) is 10.6 Å². The molecule has 0 atom stereocenters. The molecule has 3 N–H and O–H groups in total. The van der Waals surface area contributed by atoms with Crippen LogP contribution in [0.25, 0.3) is 11.3 Å². The number of hydrogen-bond donors (Lipinski definition) is 2. The number of nitrogens with one attached hydrogen (secondary N) is 1. The van der Waals surface area contributed by atoms with E-state index in [-0.39, 0.29) is 0 Å². The van der Waals surface area contributed by atoms with E-state index in [0.29, 0.717) is 24.9 Å². The lowest BCUT2D eigenvalue weighted by Crippen LogP contribution is -2.11. The number of nitrogens with two attached hydrogens (primary N) is 1. The Morgan fingerprint density at radius 2 is 2.26 bits per heavy atom. The molecule has 19 heavy (non-hydrogen) atoms. The summed E-state index contributed by atoms with van der Waals surface area (Å²) < 4.78 is 7.17. The zero-order valence-corrected chi connectivity index (χ0v) is 11.1. The Bertz CT molecular complexity index is 539. The van der Waals surface area contributed by atoms with Crippen molar-refractivity contribution in [2.45, 2.75) is 20.0 Å². The fraction of sp³-hybridized carbons (Fsp3) is 0.417. The van der Waals surface area contributed by atoms with Crippen molar-refractivity contribution in [3.05, 3.63) is 24.3 Å². The lowest BCUT2D eigenvalue weighted by atomic mass is 10.2. The van der Waals surface area contributed by atoms with Gasteiger partial charge in [-0.1, -0.05) is 6.92 Å². The van der Waals surface area contributed by atoms with Crippen LogP contribution in [0.15, 0.2) is 18.5 Å². The summed E-state index contributed by atoms with van der Waals surface area (Å²) in [5, 5.41) is 4.13. The molecule has 0 saturated heterocycles. The molecule has 2 rings (SSSR count). The number of aromatic nitrogens is 4. The highest BCUT2D eigenvalue weighted by atomic mass is 16.5. The number of aryl methyl sites for hydroxylation is 1. The van der Waals surface area contributed by atoms with E-state index in [0.717, 1.165) is 17.7 Å². The molecule has 2 aromatic heterocycles. The number of ether oxygens (including phenoxy) is 1. The van der Waals surface area contributed by atoms with Gasteiger partial charge in [-0.2, -0.15) is 5.10 Å². The molecule has 0 bridgehead atoms. The first-order valence-electron chi connectivity index (χ1n) is 6.14. The second kappa shape index (κ2) is 6.26. The van der Waals surface area contributed by atoms with Gasteiger partial charge in [0.2, 0.25) is 0 Å². The van der Waals surface area contributed by atoms with Gasteiger partial charge in [-0.15, -0.1) is 0 Å². The number of rotatable bonds is 6. The Hall–Kier alpha value is -1.99. The standard InChI is InChI=1S/C12H18N6O/c1-3-4-19-8-12-15-10(5-11(16-12)17-13)9-6-14-18(2)7-9/h5-7H,3-4,8,13H2,1-2H3,(H,15,16,17). The summed E-state index contributed by atoms with van der Waals surface area (Å²) in [5.74, 6) is 6.58. The molecular formula is C12H18N6O. The van der Waals surface area contributed by atoms with Gasteiger partial charge in [-0.3, -0.25) is 4.68 Å². The second-order valence-corrected chi connectivity index (χ2v) is 4.15. The first kappa shape index (κ1) is 13.4. The summed E-state index contributed by atoms with van der Waals surface area (Å²) in [4.78, 5) is 8.71. The molecule has 0 unspecified atom stereocenters. The van der Waals surface area contributed by atoms with E-state index in [9.17, 15) is 0 Å². The lowest BCUT2D eigenvalue weighted by Gasteiger charge is -2.07. The lowest BCUT2D eigenvalue weighted by molar-refractivity contribution is 0.116. The number of anilines is 1. The van der Waals surface area contributed by atoms with Gasteiger partial charge < -0.3 is 10.2 Å². The summed E-state index contributed by atoms with van der Waals surface area (Å²) in [6.45, 7) is 3.11. The monoisotopic (exact) mass is 262 g/mol. The van der Waals surface area contributed by atoms with Gasteiger partial charge in [0.25, 0.3) is 0 Å². The molecule has 102 valence electrons. The van der Waals surface area contributed by atoms with E-state index < -0.39 is 0 Å². The third-order valence-electron chi connectivity index (χ3n) is 2.50. The Morgan fingerprint density at radius 3 is 2.89 bits per heavy atom. The fourth-order valence-corrected chi connectivity index (χ4v) is 1.64. The van der Waals surface area contributed by atoms with Crippen molar-refractivity contribution >= 4 is 5.82 Å². The third-order valence-corrected chi connectivity index (χ3v) is 2.50. The molecule has 7 heteroatoms. The number of nitrogens with zero attached hydrogens (tertiary/aromatic N) is 4. The van der Waals surface area contributed by atoms with E-state index >= 15 is 0 Å². The van der Waals surface area contributed by atoms with Crippen LogP contribution in [0.4, 0.5) is 5.82 Å². The van der Waals surface area contributed by atoms with Crippen LogP contribution in [0.3, 0.4) is 0 Å². The molecule has 0 aliphatic carbocycles. The maximum atomic E-state index is 5.45. The van der Waals surface area contributed by atoms with E-state index in [1.807, 2.05) is 13.2 Å². The van der Waals surface area contributed by atoms with Crippen LogP contribution >= 0.6 is 0 Å². The summed E-state index contributed by atoms with van der Waals surface area (Å²) in [7, 11) is 1.86. The van der Waals surface area contributed by atoms with Crippen molar-refractivity contribution in [1.29, 1.82) is 0 Å². The molecule has 0 saturated carbocycles. The van der Waals surface area contributed by atoms with Gasteiger partial charge in [0, 0.05) is 31.5 Å². The maximum absolute atomic E-state index is 5.45. The van der Waals surface area contributed by atoms with Crippen molar-refractivity contribution in [3.8, 4) is 11.3 Å². The smallest absolute Gasteiger partial charge is 0.157 e. The van der Waals surface area contributed by atoms with Crippen LogP contribution < -0.4 is 11.3 Å². The Labute approximate surface area is 111 Å². The van der Waals surface area contributed by atoms with Crippen molar-refractivity contribution in [1.82, 2.24) is 19.7 Å². The minimum absolute atomic E-state index is 0.372. The van der Waals surface area contributed by atoms with Crippen LogP contribution in [0.5, 0.6) is 0 Å². The average Bonchev–Trinajstić information content (AvgIpc) is 2.85. The van der Waals surface area contributed by atoms with E-state index in [1.54, 1.807) is 16.9 Å². The minimum atomic E-state index is 0.372. The molecular weight excluding hydrogens is 244 g/mol. The molecule has 0 fully saturated rings. The molecule has 0 amide bonds. The molecule has 0 aliphatic heterocycles. The van der Waals surface area contributed by atoms with Crippen LogP contribution in [0.1, 0.15) is 19.2 Å². The van der Waals surface area contributed by atoms with E-state index in [1.165, 1.54) is 0 Å². The number of hydrazine groups is 1. The normalized spacial score (nSPS) is 10.7. The van der Waals surface area contributed by atoms with Crippen LogP contribution in [-0.2, 0) is 18.4 Å². The highest BCUT2D eigenvalue weighted by Gasteiger charge is 2.08. The zero-order chi connectivity index (χ0) is 13.7. The van der Waals surface area contributed by atoms with Crippen molar-refractivity contribution < 1.29 is 4.74 Å². The van der Waals surface area contributed by atoms with Gasteiger partial charge in [0.1, 0.15) is 12.4 Å². The summed E-state index contributed by atoms with van der Waals surface area (Å²) >= 11 is 0. The molecule has 0 aromatic carbocycles. The molecule has 0 aliphatic rings. The predicted molar refractivity (Wildman–Crippen MR) is 72.0 cm³/mol. The van der Waals surface area contributed by atoms with Gasteiger partial charge in [-0.25, -0.2) is 15.8 Å². The molecule has 7 nitrogen and oxygen atoms in total. The van der Waals surface area contributed by atoms with Gasteiger partial charge in [0.15, 0.2) is 5.82 Å². The first-order chi connectivity index (χ1) is 9.22. The molecule has 0 radical (unpaired) electrons. The molecule has 2 heterocycles. The maximum Gasteiger partial charge on any atom is 0.157 e. The second-order valence-electron chi connectivity index (χ2n) is 4.15. The summed E-state index contributed by atoms with van der Waals surface area (Å²) in [6, 6.07) is 1.78. The van der Waals surface area contributed by atoms with Crippen molar-refractivity contribution in [2.75, 3.05) is 12.0 Å². The van der Waals surface area contributed by atoms with Gasteiger partial charge >= 0.3 is 0 Å². The topological polar surface area (TPSA) is 90.9 Å². The highest BCUT2D eigenvalue weighted by Crippen LogP contribution is 2.18. The Morgan fingerprint density at radius 1 is 1.42 bits per heavy atom. The van der Waals surface area contributed by atoms with Crippen LogP contribution in [0, 0.1) is 0 Å². The van der Waals surface area contributed by atoms with Crippen LogP contribution in [0.2, 0.25) is 0 Å². The Kier molecular flexibility index (Phi) is 4.43. The zero-order valence-electron chi connectivity index (χ0n) is 11.1. The summed E-state index contributed by atoms with van der Waals surface area (Å²) in [5.41, 5.74) is 4.23. The first-order valence-corrected chi connectivity index (χ1v) is 6.14. The average molecular weight is 262 g/mol. The summed E-state index contributed by atoms with van der Waals surface area (Å²) in [6.07, 6.45) is 4.60. The predicted octanol–water partition coefficient (Wildman–Crippen LogP) is 1.09. The van der Waals surface area contributed by atoms with Gasteiger partial charge in [0.05, 0.1) is 11.9 Å². The van der Waals surface area contributed by atoms with Crippen LogP contribution in [-0.4, -0.2) is 26.4 Å². The quantitative estimate of drug-likeness (QED) is 0.460. The minimum Gasteiger partial charge on any atom is -0.373 e. The SMILES string of the molecule is CCCOCc1nc(NN)cc(-c2cnn(C)c2)n1. The largest absolute Gasteiger partial charge is 0.373 e.